The summed E-state index contributed by atoms with van der Waals surface area (Å²) < 4.78 is 5.36. The predicted octanol–water partition coefficient (Wildman–Crippen LogP) is 3.06. The quantitative estimate of drug-likeness (QED) is 0.819. The van der Waals surface area contributed by atoms with E-state index in [0.29, 0.717) is 12.1 Å². The monoisotopic (exact) mass is 205 g/mol. The van der Waals surface area contributed by atoms with Crippen LogP contribution in [0.2, 0.25) is 0 Å². The van der Waals surface area contributed by atoms with Crippen molar-refractivity contribution in [1.29, 1.82) is 0 Å². The standard InChI is InChI=1S/C13H19NO/c1-15-13-9-7-12(8-10-13)14-11-5-3-2-4-6-11/h2-6,12-14H,7-10H2,1H3. The highest BCUT2D eigenvalue weighted by atomic mass is 16.5. The van der Waals surface area contributed by atoms with E-state index in [4.69, 9.17) is 4.74 Å². The van der Waals surface area contributed by atoms with Gasteiger partial charge in [0.15, 0.2) is 0 Å². The van der Waals surface area contributed by atoms with Crippen molar-refractivity contribution in [3.8, 4) is 0 Å². The molecule has 0 spiro atoms. The number of rotatable bonds is 3. The number of nitrogens with one attached hydrogen (secondary N) is 1. The van der Waals surface area contributed by atoms with Gasteiger partial charge in [-0.25, -0.2) is 0 Å². The lowest BCUT2D eigenvalue weighted by Gasteiger charge is -2.28. The van der Waals surface area contributed by atoms with Gasteiger partial charge in [-0.2, -0.15) is 0 Å². The molecular weight excluding hydrogens is 186 g/mol. The lowest BCUT2D eigenvalue weighted by atomic mass is 9.93. The van der Waals surface area contributed by atoms with Crippen LogP contribution in [0.1, 0.15) is 25.7 Å². The third-order valence-corrected chi connectivity index (χ3v) is 3.15. The van der Waals surface area contributed by atoms with E-state index in [2.05, 4.69) is 29.6 Å². The molecule has 0 amide bonds. The molecule has 1 saturated carbocycles. The molecule has 0 bridgehead atoms. The molecule has 1 aromatic rings. The van der Waals surface area contributed by atoms with Gasteiger partial charge in [0.25, 0.3) is 0 Å². The molecule has 0 heterocycles. The fraction of sp³-hybridized carbons (Fsp3) is 0.538. The summed E-state index contributed by atoms with van der Waals surface area (Å²) in [4.78, 5) is 0. The Morgan fingerprint density at radius 1 is 1.07 bits per heavy atom. The fourth-order valence-corrected chi connectivity index (χ4v) is 2.21. The van der Waals surface area contributed by atoms with Gasteiger partial charge in [-0.3, -0.25) is 0 Å². The summed E-state index contributed by atoms with van der Waals surface area (Å²) in [5.74, 6) is 0. The first-order valence-corrected chi connectivity index (χ1v) is 5.73. The Labute approximate surface area is 91.6 Å². The zero-order chi connectivity index (χ0) is 10.5. The average Bonchev–Trinajstić information content (AvgIpc) is 2.31. The van der Waals surface area contributed by atoms with Crippen LogP contribution in [0.5, 0.6) is 0 Å². The van der Waals surface area contributed by atoms with Crippen molar-refractivity contribution >= 4 is 5.69 Å². The van der Waals surface area contributed by atoms with Crippen molar-refractivity contribution in [3.63, 3.8) is 0 Å². The number of para-hydroxylation sites is 1. The highest BCUT2D eigenvalue weighted by Gasteiger charge is 2.20. The van der Waals surface area contributed by atoms with Gasteiger partial charge in [-0.05, 0) is 37.8 Å². The highest BCUT2D eigenvalue weighted by molar-refractivity contribution is 5.43. The normalized spacial score (nSPS) is 26.2. The summed E-state index contributed by atoms with van der Waals surface area (Å²) in [7, 11) is 1.82. The van der Waals surface area contributed by atoms with Crippen LogP contribution < -0.4 is 5.32 Å². The molecule has 0 aliphatic heterocycles. The molecule has 15 heavy (non-hydrogen) atoms. The summed E-state index contributed by atoms with van der Waals surface area (Å²) in [6, 6.07) is 11.1. The van der Waals surface area contributed by atoms with Gasteiger partial charge in [0.2, 0.25) is 0 Å². The summed E-state index contributed by atoms with van der Waals surface area (Å²) in [6.45, 7) is 0. The van der Waals surface area contributed by atoms with Crippen LogP contribution in [-0.2, 0) is 4.74 Å². The van der Waals surface area contributed by atoms with Crippen molar-refractivity contribution in [3.05, 3.63) is 30.3 Å². The molecule has 0 aromatic heterocycles. The largest absolute Gasteiger partial charge is 0.382 e. The topological polar surface area (TPSA) is 21.3 Å². The summed E-state index contributed by atoms with van der Waals surface area (Å²) in [5.41, 5.74) is 1.23. The van der Waals surface area contributed by atoms with E-state index in [1.807, 2.05) is 13.2 Å². The first-order valence-electron chi connectivity index (χ1n) is 5.73. The molecule has 0 saturated heterocycles. The molecule has 0 atom stereocenters. The summed E-state index contributed by atoms with van der Waals surface area (Å²) >= 11 is 0. The first-order chi connectivity index (χ1) is 7.38. The Morgan fingerprint density at radius 2 is 1.73 bits per heavy atom. The minimum Gasteiger partial charge on any atom is -0.382 e. The molecule has 0 radical (unpaired) electrons. The van der Waals surface area contributed by atoms with Gasteiger partial charge in [-0.15, -0.1) is 0 Å². The number of anilines is 1. The molecule has 1 aromatic carbocycles. The van der Waals surface area contributed by atoms with Gasteiger partial charge in [0, 0.05) is 18.8 Å². The van der Waals surface area contributed by atoms with Crippen molar-refractivity contribution < 1.29 is 4.74 Å². The molecule has 2 heteroatoms. The maximum atomic E-state index is 5.36. The van der Waals surface area contributed by atoms with Gasteiger partial charge in [-0.1, -0.05) is 18.2 Å². The van der Waals surface area contributed by atoms with E-state index in [1.165, 1.54) is 31.4 Å². The zero-order valence-corrected chi connectivity index (χ0v) is 9.28. The number of hydrogen-bond donors (Lipinski definition) is 1. The molecule has 1 aliphatic carbocycles. The van der Waals surface area contributed by atoms with E-state index in [9.17, 15) is 0 Å². The van der Waals surface area contributed by atoms with Gasteiger partial charge < -0.3 is 10.1 Å². The second-order valence-corrected chi connectivity index (χ2v) is 4.22. The van der Waals surface area contributed by atoms with Crippen LogP contribution in [-0.4, -0.2) is 19.3 Å². The maximum Gasteiger partial charge on any atom is 0.0572 e. The summed E-state index contributed by atoms with van der Waals surface area (Å²) in [5, 5.41) is 3.57. The first kappa shape index (κ1) is 10.5. The second-order valence-electron chi connectivity index (χ2n) is 4.22. The Hall–Kier alpha value is -1.02. The Kier molecular flexibility index (Phi) is 3.62. The summed E-state index contributed by atoms with van der Waals surface area (Å²) in [6.07, 6.45) is 5.28. The molecule has 1 N–H and O–H groups in total. The zero-order valence-electron chi connectivity index (χ0n) is 9.28. The van der Waals surface area contributed by atoms with Gasteiger partial charge >= 0.3 is 0 Å². The smallest absolute Gasteiger partial charge is 0.0572 e. The Morgan fingerprint density at radius 3 is 2.33 bits per heavy atom. The van der Waals surface area contributed by atoms with Crippen molar-refractivity contribution in [2.24, 2.45) is 0 Å². The highest BCUT2D eigenvalue weighted by Crippen LogP contribution is 2.23. The molecule has 2 nitrogen and oxygen atoms in total. The van der Waals surface area contributed by atoms with Crippen LogP contribution in [0, 0.1) is 0 Å². The molecule has 0 unspecified atom stereocenters. The Balaban J connectivity index is 1.82. The molecule has 2 rings (SSSR count). The third-order valence-electron chi connectivity index (χ3n) is 3.15. The van der Waals surface area contributed by atoms with Crippen LogP contribution >= 0.6 is 0 Å². The van der Waals surface area contributed by atoms with E-state index >= 15 is 0 Å². The third kappa shape index (κ3) is 2.96. The second kappa shape index (κ2) is 5.17. The van der Waals surface area contributed by atoms with Crippen LogP contribution in [0.4, 0.5) is 5.69 Å². The number of methoxy groups -OCH3 is 1. The molecule has 82 valence electrons. The number of hydrogen-bond acceptors (Lipinski definition) is 2. The lowest BCUT2D eigenvalue weighted by molar-refractivity contribution is 0.0682. The minimum atomic E-state index is 0.485. The van der Waals surface area contributed by atoms with E-state index < -0.39 is 0 Å². The Bertz CT molecular complexity index is 278. The maximum absolute atomic E-state index is 5.36. The molecule has 1 fully saturated rings. The lowest BCUT2D eigenvalue weighted by Crippen LogP contribution is -2.29. The van der Waals surface area contributed by atoms with E-state index in [1.54, 1.807) is 0 Å². The molecule has 1 aliphatic rings. The SMILES string of the molecule is COC1CCC(Nc2ccccc2)CC1. The number of ether oxygens (including phenoxy) is 1. The van der Waals surface area contributed by atoms with E-state index in [0.717, 1.165) is 0 Å². The van der Waals surface area contributed by atoms with E-state index in [-0.39, 0.29) is 0 Å². The van der Waals surface area contributed by atoms with Crippen LogP contribution in [0.3, 0.4) is 0 Å². The van der Waals surface area contributed by atoms with Crippen molar-refractivity contribution in [2.45, 2.75) is 37.8 Å². The molecular formula is C13H19NO. The fourth-order valence-electron chi connectivity index (χ4n) is 2.21. The minimum absolute atomic E-state index is 0.485. The average molecular weight is 205 g/mol. The van der Waals surface area contributed by atoms with Crippen molar-refractivity contribution in [2.75, 3.05) is 12.4 Å². The van der Waals surface area contributed by atoms with Gasteiger partial charge in [0.05, 0.1) is 6.10 Å². The van der Waals surface area contributed by atoms with Crippen molar-refractivity contribution in [1.82, 2.24) is 0 Å². The van der Waals surface area contributed by atoms with Gasteiger partial charge in [0.1, 0.15) is 0 Å². The predicted molar refractivity (Wildman–Crippen MR) is 63.1 cm³/mol. The number of benzene rings is 1. The van der Waals surface area contributed by atoms with Crippen LogP contribution in [0.15, 0.2) is 30.3 Å². The van der Waals surface area contributed by atoms with Crippen LogP contribution in [0.25, 0.3) is 0 Å².